The maximum atomic E-state index is 5.79. The Morgan fingerprint density at radius 3 is 2.33 bits per heavy atom. The fourth-order valence-corrected chi connectivity index (χ4v) is 2.06. The summed E-state index contributed by atoms with van der Waals surface area (Å²) < 4.78 is 5.79. The van der Waals surface area contributed by atoms with Gasteiger partial charge in [-0.15, -0.1) is 0 Å². The van der Waals surface area contributed by atoms with Crippen LogP contribution in [0.4, 0.5) is 0 Å². The molecule has 0 radical (unpaired) electrons. The van der Waals surface area contributed by atoms with E-state index in [0.717, 1.165) is 37.3 Å². The zero-order chi connectivity index (χ0) is 12.8. The first-order valence-electron chi connectivity index (χ1n) is 6.50. The topological polar surface area (TPSA) is 16.4 Å². The number of rotatable bonds is 6. The number of aryl methyl sites for hydroxylation is 2. The van der Waals surface area contributed by atoms with E-state index in [-0.39, 0.29) is 0 Å². The molecule has 18 heavy (non-hydrogen) atoms. The van der Waals surface area contributed by atoms with Gasteiger partial charge in [0.2, 0.25) is 0 Å². The summed E-state index contributed by atoms with van der Waals surface area (Å²) >= 11 is 0. The van der Waals surface area contributed by atoms with E-state index in [0.29, 0.717) is 0 Å². The molecular weight excluding hydrogens is 222 g/mol. The van der Waals surface area contributed by atoms with Gasteiger partial charge in [0.1, 0.15) is 11.5 Å². The Kier molecular flexibility index (Phi) is 4.59. The summed E-state index contributed by atoms with van der Waals surface area (Å²) in [5, 5.41) is 0. The Morgan fingerprint density at radius 2 is 1.61 bits per heavy atom. The molecule has 0 N–H and O–H groups in total. The lowest BCUT2D eigenvalue weighted by Crippen LogP contribution is -2.09. The van der Waals surface area contributed by atoms with Crippen LogP contribution in [0.3, 0.4) is 0 Å². The van der Waals surface area contributed by atoms with E-state index in [1.165, 1.54) is 5.56 Å². The smallest absolute Gasteiger partial charge is 0.118 e. The van der Waals surface area contributed by atoms with E-state index in [9.17, 15) is 0 Å². The summed E-state index contributed by atoms with van der Waals surface area (Å²) in [5.74, 6) is 2.15. The average Bonchev–Trinajstić information content (AvgIpc) is 2.77. The standard InChI is InChI=1S/C16H21NO/c1-17(2)13-16-12-11-15(18-16)10-6-9-14-7-4-3-5-8-14/h3-5,7-8,11-12H,6,9-10,13H2,1-2H3. The molecule has 0 bridgehead atoms. The number of nitrogens with zero attached hydrogens (tertiary/aromatic N) is 1. The molecule has 2 rings (SSSR count). The largest absolute Gasteiger partial charge is 0.465 e. The zero-order valence-corrected chi connectivity index (χ0v) is 11.2. The lowest BCUT2D eigenvalue weighted by Gasteiger charge is -2.05. The fraction of sp³-hybridized carbons (Fsp3) is 0.375. The highest BCUT2D eigenvalue weighted by atomic mass is 16.3. The van der Waals surface area contributed by atoms with Crippen molar-refractivity contribution >= 4 is 0 Å². The van der Waals surface area contributed by atoms with Crippen molar-refractivity contribution in [2.24, 2.45) is 0 Å². The van der Waals surface area contributed by atoms with Crippen LogP contribution in [0.25, 0.3) is 0 Å². The van der Waals surface area contributed by atoms with Crippen molar-refractivity contribution in [1.29, 1.82) is 0 Å². The van der Waals surface area contributed by atoms with Crippen LogP contribution in [0.15, 0.2) is 46.9 Å². The minimum atomic E-state index is 0.874. The van der Waals surface area contributed by atoms with Crippen molar-refractivity contribution < 1.29 is 4.42 Å². The Hall–Kier alpha value is -1.54. The van der Waals surface area contributed by atoms with Crippen molar-refractivity contribution in [1.82, 2.24) is 4.90 Å². The van der Waals surface area contributed by atoms with Crippen LogP contribution in [0.1, 0.15) is 23.5 Å². The van der Waals surface area contributed by atoms with Crippen LogP contribution >= 0.6 is 0 Å². The van der Waals surface area contributed by atoms with Crippen molar-refractivity contribution in [2.75, 3.05) is 14.1 Å². The molecule has 0 saturated heterocycles. The molecule has 0 aliphatic carbocycles. The van der Waals surface area contributed by atoms with Gasteiger partial charge in [-0.1, -0.05) is 30.3 Å². The molecule has 0 unspecified atom stereocenters. The van der Waals surface area contributed by atoms with E-state index in [1.54, 1.807) is 0 Å². The van der Waals surface area contributed by atoms with Gasteiger partial charge in [-0.3, -0.25) is 0 Å². The van der Waals surface area contributed by atoms with Crippen LogP contribution in [0.5, 0.6) is 0 Å². The molecule has 96 valence electrons. The first kappa shape index (κ1) is 12.9. The maximum absolute atomic E-state index is 5.79. The molecule has 0 amide bonds. The van der Waals surface area contributed by atoms with Crippen LogP contribution in [0, 0.1) is 0 Å². The predicted octanol–water partition coefficient (Wildman–Crippen LogP) is 3.52. The van der Waals surface area contributed by atoms with E-state index >= 15 is 0 Å². The third-order valence-electron chi connectivity index (χ3n) is 2.92. The molecular formula is C16H21NO. The van der Waals surface area contributed by atoms with Gasteiger partial charge in [-0.2, -0.15) is 0 Å². The van der Waals surface area contributed by atoms with Gasteiger partial charge < -0.3 is 9.32 Å². The van der Waals surface area contributed by atoms with Gasteiger partial charge in [0.15, 0.2) is 0 Å². The molecule has 0 saturated carbocycles. The van der Waals surface area contributed by atoms with Gasteiger partial charge in [-0.25, -0.2) is 0 Å². The molecule has 0 aliphatic rings. The van der Waals surface area contributed by atoms with Gasteiger partial charge in [0.05, 0.1) is 6.54 Å². The van der Waals surface area contributed by atoms with Gasteiger partial charge >= 0.3 is 0 Å². The number of hydrogen-bond donors (Lipinski definition) is 0. The lowest BCUT2D eigenvalue weighted by molar-refractivity contribution is 0.341. The lowest BCUT2D eigenvalue weighted by atomic mass is 10.1. The third-order valence-corrected chi connectivity index (χ3v) is 2.92. The molecule has 1 aromatic carbocycles. The van der Waals surface area contributed by atoms with Crippen molar-refractivity contribution in [2.45, 2.75) is 25.8 Å². The van der Waals surface area contributed by atoms with E-state index in [1.807, 2.05) is 0 Å². The number of benzene rings is 1. The minimum absolute atomic E-state index is 0.874. The Balaban J connectivity index is 1.78. The highest BCUT2D eigenvalue weighted by Crippen LogP contribution is 2.13. The van der Waals surface area contributed by atoms with Gasteiger partial charge in [-0.05, 0) is 44.6 Å². The molecule has 1 heterocycles. The summed E-state index contributed by atoms with van der Waals surface area (Å²) in [4.78, 5) is 2.12. The highest BCUT2D eigenvalue weighted by molar-refractivity contribution is 5.15. The van der Waals surface area contributed by atoms with E-state index in [2.05, 4.69) is 61.5 Å². The second-order valence-corrected chi connectivity index (χ2v) is 4.94. The van der Waals surface area contributed by atoms with Crippen LogP contribution in [-0.2, 0) is 19.4 Å². The third kappa shape index (κ3) is 4.04. The van der Waals surface area contributed by atoms with Crippen LogP contribution in [0.2, 0.25) is 0 Å². The Labute approximate surface area is 109 Å². The molecule has 0 fully saturated rings. The Morgan fingerprint density at radius 1 is 0.889 bits per heavy atom. The second kappa shape index (κ2) is 6.41. The van der Waals surface area contributed by atoms with Crippen molar-refractivity contribution in [3.63, 3.8) is 0 Å². The molecule has 0 atom stereocenters. The zero-order valence-electron chi connectivity index (χ0n) is 11.2. The van der Waals surface area contributed by atoms with Gasteiger partial charge in [0.25, 0.3) is 0 Å². The first-order chi connectivity index (χ1) is 8.74. The van der Waals surface area contributed by atoms with Gasteiger partial charge in [0, 0.05) is 6.42 Å². The van der Waals surface area contributed by atoms with Crippen LogP contribution < -0.4 is 0 Å². The van der Waals surface area contributed by atoms with E-state index < -0.39 is 0 Å². The normalized spacial score (nSPS) is 11.1. The summed E-state index contributed by atoms with van der Waals surface area (Å²) in [6, 6.07) is 14.8. The van der Waals surface area contributed by atoms with E-state index in [4.69, 9.17) is 4.42 Å². The number of furan rings is 1. The fourth-order valence-electron chi connectivity index (χ4n) is 2.06. The average molecular weight is 243 g/mol. The summed E-state index contributed by atoms with van der Waals surface area (Å²) in [7, 11) is 4.11. The molecule has 2 heteroatoms. The monoisotopic (exact) mass is 243 g/mol. The molecule has 0 aliphatic heterocycles. The molecule has 1 aromatic heterocycles. The summed E-state index contributed by atoms with van der Waals surface area (Å²) in [6.45, 7) is 0.874. The SMILES string of the molecule is CN(C)Cc1ccc(CCCc2ccccc2)o1. The maximum Gasteiger partial charge on any atom is 0.118 e. The predicted molar refractivity (Wildman–Crippen MR) is 74.6 cm³/mol. The number of hydrogen-bond acceptors (Lipinski definition) is 2. The summed E-state index contributed by atoms with van der Waals surface area (Å²) in [6.07, 6.45) is 3.27. The molecule has 0 spiro atoms. The second-order valence-electron chi connectivity index (χ2n) is 4.94. The van der Waals surface area contributed by atoms with Crippen molar-refractivity contribution in [3.05, 3.63) is 59.5 Å². The Bertz CT molecular complexity index is 459. The van der Waals surface area contributed by atoms with Crippen molar-refractivity contribution in [3.8, 4) is 0 Å². The first-order valence-corrected chi connectivity index (χ1v) is 6.50. The highest BCUT2D eigenvalue weighted by Gasteiger charge is 2.03. The molecule has 2 nitrogen and oxygen atoms in total. The minimum Gasteiger partial charge on any atom is -0.465 e. The molecule has 2 aromatic rings. The van der Waals surface area contributed by atoms with Crippen LogP contribution in [-0.4, -0.2) is 19.0 Å². The summed E-state index contributed by atoms with van der Waals surface area (Å²) in [5.41, 5.74) is 1.40. The quantitative estimate of drug-likeness (QED) is 0.772.